The van der Waals surface area contributed by atoms with Crippen molar-refractivity contribution in [3.05, 3.63) is 30.3 Å². The summed E-state index contributed by atoms with van der Waals surface area (Å²) in [5.41, 5.74) is 0.996. The SMILES string of the molecule is CCCCCCSc1nnc(-c2ccccc2)n1N. The molecule has 4 nitrogen and oxygen atoms in total. The average Bonchev–Trinajstić information content (AvgIpc) is 2.81. The summed E-state index contributed by atoms with van der Waals surface area (Å²) in [6.45, 7) is 2.22. The van der Waals surface area contributed by atoms with Crippen molar-refractivity contribution in [2.24, 2.45) is 0 Å². The lowest BCUT2D eigenvalue weighted by molar-refractivity contribution is 0.705. The van der Waals surface area contributed by atoms with E-state index in [9.17, 15) is 0 Å². The van der Waals surface area contributed by atoms with Crippen molar-refractivity contribution in [2.45, 2.75) is 37.8 Å². The number of hydrogen-bond acceptors (Lipinski definition) is 4. The number of rotatable bonds is 7. The second-order valence-electron chi connectivity index (χ2n) is 4.45. The van der Waals surface area contributed by atoms with Gasteiger partial charge in [0.1, 0.15) is 0 Å². The molecule has 0 radical (unpaired) electrons. The van der Waals surface area contributed by atoms with Gasteiger partial charge >= 0.3 is 0 Å². The number of nitrogen functional groups attached to an aromatic ring is 1. The van der Waals surface area contributed by atoms with Crippen molar-refractivity contribution in [3.8, 4) is 11.4 Å². The molecule has 0 fully saturated rings. The Balaban J connectivity index is 1.95. The van der Waals surface area contributed by atoms with E-state index in [4.69, 9.17) is 5.84 Å². The number of nitrogens with zero attached hydrogens (tertiary/aromatic N) is 3. The Labute approximate surface area is 118 Å². The van der Waals surface area contributed by atoms with Crippen LogP contribution in [-0.2, 0) is 0 Å². The number of thioether (sulfide) groups is 1. The third-order valence-electron chi connectivity index (χ3n) is 2.93. The molecule has 0 spiro atoms. The smallest absolute Gasteiger partial charge is 0.210 e. The Morgan fingerprint density at radius 2 is 1.89 bits per heavy atom. The minimum atomic E-state index is 0.719. The van der Waals surface area contributed by atoms with Gasteiger partial charge in [0.25, 0.3) is 0 Å². The van der Waals surface area contributed by atoms with Crippen LogP contribution in [0.4, 0.5) is 0 Å². The Kier molecular flexibility index (Phi) is 5.27. The van der Waals surface area contributed by atoms with Gasteiger partial charge in [-0.2, -0.15) is 0 Å². The van der Waals surface area contributed by atoms with Gasteiger partial charge in [0.05, 0.1) is 0 Å². The Morgan fingerprint density at radius 3 is 2.63 bits per heavy atom. The molecule has 0 atom stereocenters. The third kappa shape index (κ3) is 3.73. The summed E-state index contributed by atoms with van der Waals surface area (Å²) in [6.07, 6.45) is 5.03. The van der Waals surface area contributed by atoms with E-state index >= 15 is 0 Å². The number of unbranched alkanes of at least 4 members (excludes halogenated alkanes) is 3. The summed E-state index contributed by atoms with van der Waals surface area (Å²) in [5.74, 6) is 7.81. The first-order valence-electron chi connectivity index (χ1n) is 6.71. The summed E-state index contributed by atoms with van der Waals surface area (Å²) < 4.78 is 1.58. The summed E-state index contributed by atoms with van der Waals surface area (Å²) in [7, 11) is 0. The van der Waals surface area contributed by atoms with Gasteiger partial charge in [-0.15, -0.1) is 10.2 Å². The number of benzene rings is 1. The minimum Gasteiger partial charge on any atom is -0.335 e. The second kappa shape index (κ2) is 7.19. The largest absolute Gasteiger partial charge is 0.335 e. The molecule has 1 heterocycles. The molecule has 0 aliphatic carbocycles. The quantitative estimate of drug-likeness (QED) is 0.479. The maximum Gasteiger partial charge on any atom is 0.210 e. The highest BCUT2D eigenvalue weighted by molar-refractivity contribution is 7.99. The van der Waals surface area contributed by atoms with Crippen LogP contribution in [0.15, 0.2) is 35.5 Å². The van der Waals surface area contributed by atoms with Gasteiger partial charge in [0.15, 0.2) is 5.82 Å². The lowest BCUT2D eigenvalue weighted by Crippen LogP contribution is -2.11. The van der Waals surface area contributed by atoms with Gasteiger partial charge in [0, 0.05) is 11.3 Å². The molecule has 0 unspecified atom stereocenters. The van der Waals surface area contributed by atoms with E-state index in [1.54, 1.807) is 16.4 Å². The molecule has 0 aliphatic heterocycles. The van der Waals surface area contributed by atoms with Gasteiger partial charge < -0.3 is 5.84 Å². The summed E-state index contributed by atoms with van der Waals surface area (Å²) in [6, 6.07) is 9.90. The molecule has 2 N–H and O–H groups in total. The molecule has 102 valence electrons. The Morgan fingerprint density at radius 1 is 1.11 bits per heavy atom. The summed E-state index contributed by atoms with van der Waals surface area (Å²) >= 11 is 1.68. The van der Waals surface area contributed by atoms with Crippen LogP contribution in [0.5, 0.6) is 0 Å². The maximum absolute atomic E-state index is 6.05. The first-order chi connectivity index (χ1) is 9.33. The predicted octanol–water partition coefficient (Wildman–Crippen LogP) is 3.33. The monoisotopic (exact) mass is 276 g/mol. The van der Waals surface area contributed by atoms with Crippen molar-refractivity contribution in [1.29, 1.82) is 0 Å². The molecule has 0 amide bonds. The zero-order valence-electron chi connectivity index (χ0n) is 11.2. The zero-order valence-corrected chi connectivity index (χ0v) is 12.1. The van der Waals surface area contributed by atoms with E-state index in [0.29, 0.717) is 0 Å². The van der Waals surface area contributed by atoms with Crippen LogP contribution < -0.4 is 5.84 Å². The van der Waals surface area contributed by atoms with Gasteiger partial charge in [0.2, 0.25) is 5.16 Å². The molecule has 0 aliphatic rings. The molecule has 2 aromatic rings. The zero-order chi connectivity index (χ0) is 13.5. The van der Waals surface area contributed by atoms with Crippen LogP contribution in [0.25, 0.3) is 11.4 Å². The van der Waals surface area contributed by atoms with Crippen LogP contribution in [0.3, 0.4) is 0 Å². The van der Waals surface area contributed by atoms with Crippen molar-refractivity contribution >= 4 is 11.8 Å². The van der Waals surface area contributed by atoms with Gasteiger partial charge in [-0.3, -0.25) is 0 Å². The van der Waals surface area contributed by atoms with Crippen LogP contribution in [0.2, 0.25) is 0 Å². The van der Waals surface area contributed by atoms with E-state index in [2.05, 4.69) is 17.1 Å². The molecular weight excluding hydrogens is 256 g/mol. The van der Waals surface area contributed by atoms with Gasteiger partial charge in [-0.25, -0.2) is 4.68 Å². The van der Waals surface area contributed by atoms with E-state index < -0.39 is 0 Å². The fourth-order valence-corrected chi connectivity index (χ4v) is 2.71. The molecule has 5 heteroatoms. The molecule has 0 saturated carbocycles. The highest BCUT2D eigenvalue weighted by atomic mass is 32.2. The van der Waals surface area contributed by atoms with E-state index in [-0.39, 0.29) is 0 Å². The van der Waals surface area contributed by atoms with Crippen molar-refractivity contribution < 1.29 is 0 Å². The van der Waals surface area contributed by atoms with Crippen molar-refractivity contribution in [1.82, 2.24) is 14.9 Å². The van der Waals surface area contributed by atoms with Crippen molar-refractivity contribution in [3.63, 3.8) is 0 Å². The first kappa shape index (κ1) is 13.9. The lowest BCUT2D eigenvalue weighted by Gasteiger charge is -2.03. The Bertz CT molecular complexity index is 495. The summed E-state index contributed by atoms with van der Waals surface area (Å²) in [5, 5.41) is 9.12. The van der Waals surface area contributed by atoms with E-state index in [0.717, 1.165) is 22.3 Å². The second-order valence-corrected chi connectivity index (χ2v) is 5.51. The minimum absolute atomic E-state index is 0.719. The average molecular weight is 276 g/mol. The fourth-order valence-electron chi connectivity index (χ4n) is 1.85. The lowest BCUT2D eigenvalue weighted by atomic mass is 10.2. The van der Waals surface area contributed by atoms with Crippen molar-refractivity contribution in [2.75, 3.05) is 11.6 Å². The molecule has 0 saturated heterocycles. The molecule has 2 rings (SSSR count). The van der Waals surface area contributed by atoms with Crippen LogP contribution in [-0.4, -0.2) is 20.6 Å². The molecule has 19 heavy (non-hydrogen) atoms. The molecular formula is C14H20N4S. The number of nitrogens with two attached hydrogens (primary N) is 1. The molecule has 1 aromatic heterocycles. The summed E-state index contributed by atoms with van der Waals surface area (Å²) in [4.78, 5) is 0. The maximum atomic E-state index is 6.05. The van der Waals surface area contributed by atoms with Crippen LogP contribution in [0.1, 0.15) is 32.6 Å². The highest BCUT2D eigenvalue weighted by Crippen LogP contribution is 2.22. The van der Waals surface area contributed by atoms with Gasteiger partial charge in [-0.05, 0) is 6.42 Å². The first-order valence-corrected chi connectivity index (χ1v) is 7.70. The predicted molar refractivity (Wildman–Crippen MR) is 80.5 cm³/mol. The number of hydrogen-bond donors (Lipinski definition) is 1. The third-order valence-corrected chi connectivity index (χ3v) is 3.95. The molecule has 1 aromatic carbocycles. The highest BCUT2D eigenvalue weighted by Gasteiger charge is 2.11. The number of aromatic nitrogens is 3. The van der Waals surface area contributed by atoms with Gasteiger partial charge in [-0.1, -0.05) is 68.3 Å². The fraction of sp³-hybridized carbons (Fsp3) is 0.429. The van der Waals surface area contributed by atoms with E-state index in [1.807, 2.05) is 30.3 Å². The van der Waals surface area contributed by atoms with Crippen LogP contribution >= 0.6 is 11.8 Å². The standard InChI is InChI=1S/C14H20N4S/c1-2-3-4-8-11-19-14-17-16-13(18(14)15)12-9-6-5-7-10-12/h5-7,9-10H,2-4,8,11,15H2,1H3. The van der Waals surface area contributed by atoms with Crippen LogP contribution in [0, 0.1) is 0 Å². The Hall–Kier alpha value is -1.49. The molecule has 0 bridgehead atoms. The normalized spacial score (nSPS) is 10.8. The van der Waals surface area contributed by atoms with E-state index in [1.165, 1.54) is 25.7 Å². The topological polar surface area (TPSA) is 56.7 Å².